The fourth-order valence-corrected chi connectivity index (χ4v) is 18.0. The van der Waals surface area contributed by atoms with Gasteiger partial charge in [0.05, 0.1) is 47.2 Å². The molecule has 0 saturated heterocycles. The summed E-state index contributed by atoms with van der Waals surface area (Å²) in [5, 5.41) is 13.7. The lowest BCUT2D eigenvalue weighted by atomic mass is 9.78. The Bertz CT molecular complexity index is 6890. The zero-order valence-electron chi connectivity index (χ0n) is 70.5. The summed E-state index contributed by atoms with van der Waals surface area (Å²) in [6.07, 6.45) is 22.1. The Morgan fingerprint density at radius 1 is 0.437 bits per heavy atom. The summed E-state index contributed by atoms with van der Waals surface area (Å²) in [5.41, 5.74) is 31.6. The highest BCUT2D eigenvalue weighted by Gasteiger charge is 2.31. The number of amides is 1. The van der Waals surface area contributed by atoms with Gasteiger partial charge in [0.2, 0.25) is 5.91 Å². The van der Waals surface area contributed by atoms with Gasteiger partial charge in [-0.25, -0.2) is 4.39 Å². The molecule has 15 aromatic rings. The summed E-state index contributed by atoms with van der Waals surface area (Å²) in [6.45, 7) is 16.9. The van der Waals surface area contributed by atoms with Crippen LogP contribution in [-0.2, 0) is 35.9 Å². The third kappa shape index (κ3) is 21.1. The summed E-state index contributed by atoms with van der Waals surface area (Å²) in [6, 6.07) is 66.2. The van der Waals surface area contributed by atoms with Crippen molar-refractivity contribution >= 4 is 218 Å². The molecule has 3 heterocycles. The van der Waals surface area contributed by atoms with Gasteiger partial charge in [-0.05, 0) is 320 Å². The molecule has 3 N–H and O–H groups in total. The standard InChI is InChI=1S/C20H17Cl3N2.C18H15Cl3N2O.C18H14ClF.C17H13Cl2NO.C17H15Cl.C16H12Cl2/c1-10-4-18-11(5-15(10)21)13(8-24-18)20(2,3)14-9-25-19-7-17(23)16(22)6-12(14)19;1-22(2)10-18(24)23-9-14(11-3-5-15(20)16(21)7-11)13-8-12(19)4-6-17(13)23;1-12-3-2-4-14(18(12)19)7-5-13-6-8-15-11-16(20)9-10-17(13)15;1-10-8-13(5-7-16(10)19)20-17(21)14-6-3-11-2-4-12(18)9-15(11)14;1-11-3-6-15-13(9-11)4-7-16(15)14-5-8-17(18)12(2)10-14;1-10-3-2-4-11(7-10)13-6-5-12-8-15(17)16(18)9-14(12)13/h4-9,24-25H,1-3H3;3-9H,10H2,1-2H3;2-7,9-11H,8H2,1H3;2,4-9H,3H2,1H3,(H,20,21);3,5-10H,4H2,1-2H3;2-4,6-9H,5H2,1H3/b;;7-5+;;;. The zero-order chi connectivity index (χ0) is 89.9. The number of carbonyl (C=O) groups excluding carboxylic acids is 2. The van der Waals surface area contributed by atoms with Gasteiger partial charge in [0, 0.05) is 93.1 Å². The average molecular weight is 1910 g/mol. The molecule has 0 fully saturated rings. The Labute approximate surface area is 794 Å². The topological polar surface area (TPSA) is 85.9 Å². The molecule has 0 radical (unpaired) electrons. The maximum Gasteiger partial charge on any atom is 0.255 e. The molecular weight excluding hydrogens is 1820 g/mol. The zero-order valence-corrected chi connectivity index (χ0v) is 79.6. The summed E-state index contributed by atoms with van der Waals surface area (Å²) in [5.74, 6) is -0.319. The number of H-pyrrole nitrogens is 2. The largest absolute Gasteiger partial charge is 0.361 e. The molecule has 0 aliphatic heterocycles. The summed E-state index contributed by atoms with van der Waals surface area (Å²) in [4.78, 5) is 33.5. The van der Waals surface area contributed by atoms with E-state index in [1.807, 2.05) is 174 Å². The van der Waals surface area contributed by atoms with Crippen LogP contribution >= 0.6 is 139 Å². The van der Waals surface area contributed by atoms with Gasteiger partial charge in [0.15, 0.2) is 0 Å². The highest BCUT2D eigenvalue weighted by atomic mass is 35.5. The molecule has 3 aromatic heterocycles. The van der Waals surface area contributed by atoms with Crippen LogP contribution in [0.1, 0.15) is 124 Å². The Kier molecular flexibility index (Phi) is 29.4. The second kappa shape index (κ2) is 40.0. The lowest BCUT2D eigenvalue weighted by Crippen LogP contribution is -2.25. The minimum Gasteiger partial charge on any atom is -0.361 e. The predicted molar refractivity (Wildman–Crippen MR) is 538 cm³/mol. The molecule has 20 heteroatoms. The van der Waals surface area contributed by atoms with Gasteiger partial charge >= 0.3 is 0 Å². The molecule has 0 atom stereocenters. The van der Waals surface area contributed by atoms with E-state index in [-0.39, 0.29) is 23.0 Å². The van der Waals surface area contributed by atoms with E-state index in [0.29, 0.717) is 57.3 Å². The van der Waals surface area contributed by atoms with Crippen LogP contribution in [0.5, 0.6) is 0 Å². The fraction of sp³-hybridized carbons (Fsp3) is 0.151. The molecule has 19 rings (SSSR count). The number of rotatable bonds is 11. The Balaban J connectivity index is 0.000000123. The van der Waals surface area contributed by atoms with E-state index in [2.05, 4.69) is 135 Å². The number of hydrogen-bond acceptors (Lipinski definition) is 3. The maximum atomic E-state index is 13.2. The van der Waals surface area contributed by atoms with Gasteiger partial charge < -0.3 is 20.2 Å². The fourth-order valence-electron chi connectivity index (χ4n) is 16.1. The molecular formula is C106H86Cl12FN5O2. The predicted octanol–water partition coefficient (Wildman–Crippen LogP) is 33.3. The summed E-state index contributed by atoms with van der Waals surface area (Å²) < 4.78 is 14.8. The normalized spacial score (nSPS) is 12.8. The van der Waals surface area contributed by atoms with Crippen molar-refractivity contribution in [1.82, 2.24) is 19.4 Å². The second-order valence-electron chi connectivity index (χ2n) is 32.4. The van der Waals surface area contributed by atoms with Crippen LogP contribution in [0.25, 0.3) is 72.2 Å². The summed E-state index contributed by atoms with van der Waals surface area (Å²) in [7, 11) is 3.72. The molecule has 126 heavy (non-hydrogen) atoms. The van der Waals surface area contributed by atoms with Gasteiger partial charge in [0.25, 0.3) is 5.91 Å². The van der Waals surface area contributed by atoms with Crippen LogP contribution in [0.3, 0.4) is 0 Å². The molecule has 0 saturated carbocycles. The van der Waals surface area contributed by atoms with Crippen LogP contribution in [0.15, 0.2) is 255 Å². The molecule has 0 spiro atoms. The number of aryl methyl sites for hydroxylation is 6. The number of fused-ring (bicyclic) bond motifs is 7. The van der Waals surface area contributed by atoms with E-state index in [4.69, 9.17) is 139 Å². The highest BCUT2D eigenvalue weighted by Crippen LogP contribution is 2.45. The van der Waals surface area contributed by atoms with Crippen molar-refractivity contribution in [1.29, 1.82) is 0 Å². The number of nitrogens with one attached hydrogen (secondary N) is 3. The van der Waals surface area contributed by atoms with E-state index < -0.39 is 0 Å². The molecule has 4 aliphatic rings. The number of nitrogens with zero attached hydrogens (tertiary/aromatic N) is 2. The quantitative estimate of drug-likeness (QED) is 0.121. The average Bonchev–Trinajstić information content (AvgIpc) is 1.59. The van der Waals surface area contributed by atoms with E-state index in [1.165, 1.54) is 72.8 Å². The van der Waals surface area contributed by atoms with Crippen molar-refractivity contribution < 1.29 is 14.0 Å². The van der Waals surface area contributed by atoms with Gasteiger partial charge in [-0.3, -0.25) is 14.2 Å². The first-order valence-corrected chi connectivity index (χ1v) is 45.2. The van der Waals surface area contributed by atoms with Gasteiger partial charge in [-0.15, -0.1) is 0 Å². The van der Waals surface area contributed by atoms with Crippen LogP contribution < -0.4 is 5.32 Å². The number of aromatic amines is 2. The molecule has 638 valence electrons. The smallest absolute Gasteiger partial charge is 0.255 e. The highest BCUT2D eigenvalue weighted by molar-refractivity contribution is 6.44. The van der Waals surface area contributed by atoms with Crippen molar-refractivity contribution in [2.75, 3.05) is 26.0 Å². The first-order valence-electron chi connectivity index (χ1n) is 40.6. The van der Waals surface area contributed by atoms with Crippen LogP contribution in [-0.4, -0.2) is 51.9 Å². The van der Waals surface area contributed by atoms with E-state index in [0.717, 1.165) is 146 Å². The number of allylic oxidation sites excluding steroid dienone is 6. The number of carbonyl (C=O) groups is 2. The third-order valence-corrected chi connectivity index (χ3v) is 27.1. The maximum absolute atomic E-state index is 13.2. The number of halogens is 13. The van der Waals surface area contributed by atoms with Crippen LogP contribution in [0.4, 0.5) is 10.1 Å². The Morgan fingerprint density at radius 2 is 1.01 bits per heavy atom. The first kappa shape index (κ1) is 92.6. The van der Waals surface area contributed by atoms with Gasteiger partial charge in [0.1, 0.15) is 5.82 Å². The van der Waals surface area contributed by atoms with E-state index in [9.17, 15) is 14.0 Å². The third-order valence-electron chi connectivity index (χ3n) is 22.7. The van der Waals surface area contributed by atoms with E-state index in [1.54, 1.807) is 41.0 Å². The van der Waals surface area contributed by atoms with Gasteiger partial charge in [-0.2, -0.15) is 0 Å². The van der Waals surface area contributed by atoms with Crippen LogP contribution in [0, 0.1) is 47.4 Å². The first-order chi connectivity index (χ1) is 60.1. The van der Waals surface area contributed by atoms with Crippen LogP contribution in [0.2, 0.25) is 60.3 Å². The number of benzene rings is 12. The van der Waals surface area contributed by atoms with E-state index >= 15 is 0 Å². The lowest BCUT2D eigenvalue weighted by molar-refractivity contribution is -0.111. The molecule has 7 nitrogen and oxygen atoms in total. The van der Waals surface area contributed by atoms with Crippen molar-refractivity contribution in [2.45, 2.75) is 86.5 Å². The SMILES string of the molecule is CN(C)CC(=O)n1cc(-c2ccc(Cl)c(Cl)c2)c2cc(Cl)ccc21.Cc1cc(NC(=O)C2=CCc3ccc(Cl)cc32)ccc1Cl.Cc1cc2[nH]cc(C(C)(C)c3c[nH]c4cc(Cl)c(Cl)cc34)c2cc1Cl.Cc1ccc2c(c1)CC=C2c1ccc(Cl)c(C)c1.Cc1cccc(/C=C/C2=CCc3cc(F)ccc32)c1Cl.Cc1cccc(C2=CCc3cc(Cl)c(Cl)cc32)c1. The van der Waals surface area contributed by atoms with Crippen molar-refractivity contribution in [3.63, 3.8) is 0 Å². The number of aromatic nitrogens is 3. The minimum atomic E-state index is -0.244. The number of hydrogen-bond donors (Lipinski definition) is 3. The second-order valence-corrected chi connectivity index (χ2v) is 37.3. The van der Waals surface area contributed by atoms with Gasteiger partial charge in [-0.1, -0.05) is 286 Å². The molecule has 12 aromatic carbocycles. The summed E-state index contributed by atoms with van der Waals surface area (Å²) >= 11 is 73.6. The van der Waals surface area contributed by atoms with Crippen molar-refractivity contribution in [3.8, 4) is 11.1 Å². The monoisotopic (exact) mass is 1900 g/mol. The number of likely N-dealkylation sites (N-methyl/N-ethyl adjacent to an activating group) is 1. The Hall–Kier alpha value is -9.53. The van der Waals surface area contributed by atoms with Crippen molar-refractivity contribution in [3.05, 3.63) is 427 Å². The minimum absolute atomic E-state index is 0.0152. The lowest BCUT2D eigenvalue weighted by Gasteiger charge is -2.24. The Morgan fingerprint density at radius 3 is 1.71 bits per heavy atom. The molecule has 0 unspecified atom stereocenters. The molecule has 4 aliphatic carbocycles. The molecule has 0 bridgehead atoms. The molecule has 1 amide bonds. The van der Waals surface area contributed by atoms with Crippen molar-refractivity contribution in [2.24, 2.45) is 0 Å². The number of anilines is 1.